The Bertz CT molecular complexity index is 88.8. The number of rotatable bonds is 0. The van der Waals surface area contributed by atoms with Gasteiger partial charge in [-0.1, -0.05) is 6.07 Å². The summed E-state index contributed by atoms with van der Waals surface area (Å²) >= 11 is 0. The molecule has 1 rings (SSSR count). The summed E-state index contributed by atoms with van der Waals surface area (Å²) in [6, 6.07) is 5.72. The second-order valence-electron chi connectivity index (χ2n) is 1.02. The van der Waals surface area contributed by atoms with E-state index >= 15 is 0 Å². The SMILES string of the molecule is Cl.Cl.Cl.[Os].c1ccncc1. The molecule has 0 aromatic carbocycles. The predicted octanol–water partition coefficient (Wildman–Crippen LogP) is 2.34. The maximum absolute atomic E-state index is 3.78. The molecule has 0 radical (unpaired) electrons. The molecule has 5 heteroatoms. The third-order valence-corrected chi connectivity index (χ3v) is 0.566. The van der Waals surface area contributed by atoms with E-state index < -0.39 is 0 Å². The van der Waals surface area contributed by atoms with E-state index in [9.17, 15) is 0 Å². The summed E-state index contributed by atoms with van der Waals surface area (Å²) in [5, 5.41) is 0. The second kappa shape index (κ2) is 16.3. The zero-order valence-corrected chi connectivity index (χ0v) is 9.90. The molecule has 0 unspecified atom stereocenters. The molecule has 0 N–H and O–H groups in total. The smallest absolute Gasteiger partial charge is 0.0267 e. The summed E-state index contributed by atoms with van der Waals surface area (Å²) in [6.07, 6.45) is 3.50. The molecule has 0 saturated heterocycles. The first-order valence-corrected chi connectivity index (χ1v) is 1.85. The van der Waals surface area contributed by atoms with Gasteiger partial charge in [-0.25, -0.2) is 0 Å². The molecule has 1 aromatic heterocycles. The molecule has 0 amide bonds. The fourth-order valence-corrected chi connectivity index (χ4v) is 0.313. The standard InChI is InChI=1S/C5H5N.3ClH.Os/c1-2-4-6-5-3-1;;;;/h1-5H;3*1H;. The first-order valence-electron chi connectivity index (χ1n) is 1.85. The number of aromatic nitrogens is 1. The molecule has 0 saturated carbocycles. The maximum atomic E-state index is 3.78. The van der Waals surface area contributed by atoms with Crippen LogP contribution in [0.2, 0.25) is 0 Å². The van der Waals surface area contributed by atoms with Crippen molar-refractivity contribution in [3.63, 3.8) is 0 Å². The summed E-state index contributed by atoms with van der Waals surface area (Å²) < 4.78 is 0. The van der Waals surface area contributed by atoms with Gasteiger partial charge in [0.1, 0.15) is 0 Å². The Morgan fingerprint density at radius 1 is 0.700 bits per heavy atom. The second-order valence-corrected chi connectivity index (χ2v) is 1.02. The van der Waals surface area contributed by atoms with Crippen LogP contribution in [0.25, 0.3) is 0 Å². The largest absolute Gasteiger partial charge is 0.265 e. The maximum Gasteiger partial charge on any atom is 0.0267 e. The molecule has 1 nitrogen and oxygen atoms in total. The van der Waals surface area contributed by atoms with Gasteiger partial charge in [0.2, 0.25) is 0 Å². The first kappa shape index (κ1) is 22.4. The third kappa shape index (κ3) is 11.5. The zero-order chi connectivity index (χ0) is 4.24. The van der Waals surface area contributed by atoms with E-state index in [0.29, 0.717) is 0 Å². The number of hydrogen-bond donors (Lipinski definition) is 0. The predicted molar refractivity (Wildman–Crippen MR) is 46.0 cm³/mol. The molecule has 0 aliphatic heterocycles. The van der Waals surface area contributed by atoms with Crippen LogP contribution < -0.4 is 0 Å². The minimum atomic E-state index is 0. The number of nitrogens with zero attached hydrogens (tertiary/aromatic N) is 1. The van der Waals surface area contributed by atoms with E-state index in [1.54, 1.807) is 12.4 Å². The van der Waals surface area contributed by atoms with Crippen LogP contribution >= 0.6 is 37.2 Å². The van der Waals surface area contributed by atoms with E-state index in [1.807, 2.05) is 18.2 Å². The molecule has 0 atom stereocenters. The van der Waals surface area contributed by atoms with Crippen molar-refractivity contribution in [1.29, 1.82) is 0 Å². The van der Waals surface area contributed by atoms with Crippen LogP contribution in [0.3, 0.4) is 0 Å². The molecule has 0 fully saturated rings. The van der Waals surface area contributed by atoms with Crippen molar-refractivity contribution >= 4 is 37.2 Å². The van der Waals surface area contributed by atoms with Gasteiger partial charge in [0.05, 0.1) is 0 Å². The van der Waals surface area contributed by atoms with Crippen LogP contribution in [0.4, 0.5) is 0 Å². The first-order chi connectivity index (χ1) is 3.00. The minimum Gasteiger partial charge on any atom is -0.265 e. The fourth-order valence-electron chi connectivity index (χ4n) is 0.313. The van der Waals surface area contributed by atoms with Gasteiger partial charge in [0.25, 0.3) is 0 Å². The van der Waals surface area contributed by atoms with Crippen molar-refractivity contribution in [3.05, 3.63) is 30.6 Å². The Morgan fingerprint density at radius 2 is 1.10 bits per heavy atom. The van der Waals surface area contributed by atoms with Gasteiger partial charge >= 0.3 is 0 Å². The minimum absolute atomic E-state index is 0. The van der Waals surface area contributed by atoms with Crippen LogP contribution in [0.15, 0.2) is 30.6 Å². The van der Waals surface area contributed by atoms with Gasteiger partial charge in [-0.2, -0.15) is 0 Å². The monoisotopic (exact) mass is 379 g/mol. The molecule has 0 aliphatic carbocycles. The van der Waals surface area contributed by atoms with Crippen LogP contribution in [-0.2, 0) is 19.8 Å². The van der Waals surface area contributed by atoms with E-state index in [4.69, 9.17) is 0 Å². The quantitative estimate of drug-likeness (QED) is 0.675. The van der Waals surface area contributed by atoms with Gasteiger partial charge < -0.3 is 0 Å². The molecular weight excluding hydrogens is 371 g/mol. The van der Waals surface area contributed by atoms with Gasteiger partial charge in [-0.3, -0.25) is 4.98 Å². The Kier molecular flexibility index (Phi) is 36.6. The van der Waals surface area contributed by atoms with Crippen molar-refractivity contribution in [2.45, 2.75) is 0 Å². The van der Waals surface area contributed by atoms with Gasteiger partial charge in [0.15, 0.2) is 0 Å². The molecule has 0 aliphatic rings. The van der Waals surface area contributed by atoms with E-state index in [2.05, 4.69) is 4.98 Å². The summed E-state index contributed by atoms with van der Waals surface area (Å²) in [5.41, 5.74) is 0. The molecule has 62 valence electrons. The third-order valence-electron chi connectivity index (χ3n) is 0.566. The van der Waals surface area contributed by atoms with E-state index in [0.717, 1.165) is 0 Å². The van der Waals surface area contributed by atoms with Gasteiger partial charge in [0, 0.05) is 32.2 Å². The zero-order valence-electron chi connectivity index (χ0n) is 4.91. The van der Waals surface area contributed by atoms with Crippen LogP contribution in [0, 0.1) is 0 Å². The van der Waals surface area contributed by atoms with Crippen molar-refractivity contribution in [2.75, 3.05) is 0 Å². The molecular formula is C5H8Cl3NOs. The summed E-state index contributed by atoms with van der Waals surface area (Å²) in [4.78, 5) is 3.78. The van der Waals surface area contributed by atoms with Crippen LogP contribution in [-0.4, -0.2) is 4.98 Å². The van der Waals surface area contributed by atoms with Gasteiger partial charge in [-0.15, -0.1) is 37.2 Å². The molecule has 1 aromatic rings. The number of hydrogen-bond acceptors (Lipinski definition) is 1. The molecule has 0 bridgehead atoms. The Balaban J connectivity index is -0.0000000450. The van der Waals surface area contributed by atoms with Crippen LogP contribution in [0.5, 0.6) is 0 Å². The van der Waals surface area contributed by atoms with Crippen molar-refractivity contribution in [1.82, 2.24) is 4.98 Å². The average Bonchev–Trinajstić information content (AvgIpc) is 1.72. The Hall–Kier alpha value is 0.656. The molecule has 10 heavy (non-hydrogen) atoms. The molecule has 0 spiro atoms. The normalized spacial score (nSPS) is 4.80. The summed E-state index contributed by atoms with van der Waals surface area (Å²) in [6.45, 7) is 0. The summed E-state index contributed by atoms with van der Waals surface area (Å²) in [5.74, 6) is 0. The van der Waals surface area contributed by atoms with E-state index in [-0.39, 0.29) is 57.0 Å². The number of halogens is 3. The topological polar surface area (TPSA) is 12.9 Å². The fraction of sp³-hybridized carbons (Fsp3) is 0. The summed E-state index contributed by atoms with van der Waals surface area (Å²) in [7, 11) is 0. The van der Waals surface area contributed by atoms with Gasteiger partial charge in [-0.05, 0) is 12.1 Å². The van der Waals surface area contributed by atoms with Crippen molar-refractivity contribution in [3.8, 4) is 0 Å². The van der Waals surface area contributed by atoms with Crippen LogP contribution in [0.1, 0.15) is 0 Å². The Labute approximate surface area is 92.3 Å². The molecule has 1 heterocycles. The average molecular weight is 379 g/mol. The van der Waals surface area contributed by atoms with Crippen molar-refractivity contribution < 1.29 is 19.8 Å². The van der Waals surface area contributed by atoms with Crippen molar-refractivity contribution in [2.24, 2.45) is 0 Å². The Morgan fingerprint density at radius 3 is 1.20 bits per heavy atom. The number of pyridine rings is 1. The van der Waals surface area contributed by atoms with E-state index in [1.165, 1.54) is 0 Å².